The van der Waals surface area contributed by atoms with Crippen LogP contribution in [0.3, 0.4) is 0 Å². The number of carboxylic acids is 1. The number of rotatable bonds is 8. The minimum Gasteiger partial charge on any atom is -0.480 e. The molecule has 2 amide bonds. The lowest BCUT2D eigenvalue weighted by atomic mass is 10.1. The number of likely N-dealkylation sites (tertiary alicyclic amines) is 1. The van der Waals surface area contributed by atoms with Crippen LogP contribution in [0.5, 0.6) is 0 Å². The van der Waals surface area contributed by atoms with E-state index in [2.05, 4.69) is 0 Å². The lowest BCUT2D eigenvalue weighted by Crippen LogP contribution is -2.43. The second kappa shape index (κ2) is 10.2. The van der Waals surface area contributed by atoms with E-state index in [4.69, 9.17) is 9.84 Å². The molecule has 1 aliphatic rings. The van der Waals surface area contributed by atoms with Crippen molar-refractivity contribution in [3.63, 3.8) is 0 Å². The van der Waals surface area contributed by atoms with Crippen LogP contribution in [0.4, 0.5) is 0 Å². The Balaban J connectivity index is 2.49. The molecule has 1 aliphatic heterocycles. The van der Waals surface area contributed by atoms with Gasteiger partial charge in [0.15, 0.2) is 0 Å². The van der Waals surface area contributed by atoms with Gasteiger partial charge in [-0.2, -0.15) is 0 Å². The molecular formula is C16H28N2O5. The molecule has 1 heterocycles. The first-order chi connectivity index (χ1) is 11.0. The molecule has 1 unspecified atom stereocenters. The second-order valence-electron chi connectivity index (χ2n) is 5.81. The highest BCUT2D eigenvalue weighted by molar-refractivity contribution is 5.80. The number of carboxylic acid groups (broad SMARTS) is 1. The van der Waals surface area contributed by atoms with Crippen LogP contribution in [0.1, 0.15) is 46.0 Å². The van der Waals surface area contributed by atoms with Crippen LogP contribution in [-0.4, -0.2) is 71.6 Å². The summed E-state index contributed by atoms with van der Waals surface area (Å²) in [6, 6.07) is -0.107. The summed E-state index contributed by atoms with van der Waals surface area (Å²) in [6.45, 7) is 5.53. The molecule has 23 heavy (non-hydrogen) atoms. The summed E-state index contributed by atoms with van der Waals surface area (Å²) in [5, 5.41) is 8.94. The standard InChI is InChI=1S/C16H28N2O5/c1-3-23-11-5-7-15(20)17-9-4-6-14(8-10-17)18(13(2)19)12-16(21)22/h14H,3-12H2,1-2H3,(H,21,22). The van der Waals surface area contributed by atoms with Crippen molar-refractivity contribution in [1.29, 1.82) is 0 Å². The first kappa shape index (κ1) is 19.4. The fraction of sp³-hybridized carbons (Fsp3) is 0.812. The van der Waals surface area contributed by atoms with Crippen LogP contribution in [0.15, 0.2) is 0 Å². The minimum absolute atomic E-state index is 0.107. The van der Waals surface area contributed by atoms with Crippen LogP contribution in [-0.2, 0) is 19.1 Å². The molecular weight excluding hydrogens is 300 g/mol. The van der Waals surface area contributed by atoms with Crippen molar-refractivity contribution in [2.75, 3.05) is 32.8 Å². The Kier molecular flexibility index (Phi) is 8.61. The number of nitrogens with zero attached hydrogens (tertiary/aromatic N) is 2. The first-order valence-electron chi connectivity index (χ1n) is 8.30. The van der Waals surface area contributed by atoms with Crippen LogP contribution < -0.4 is 0 Å². The van der Waals surface area contributed by atoms with E-state index in [-0.39, 0.29) is 24.4 Å². The molecule has 1 N–H and O–H groups in total. The molecule has 0 saturated carbocycles. The molecule has 132 valence electrons. The highest BCUT2D eigenvalue weighted by Crippen LogP contribution is 2.18. The molecule has 1 saturated heterocycles. The average Bonchev–Trinajstić information content (AvgIpc) is 2.74. The molecule has 0 aliphatic carbocycles. The van der Waals surface area contributed by atoms with Crippen LogP contribution in [0, 0.1) is 0 Å². The molecule has 7 nitrogen and oxygen atoms in total. The molecule has 1 rings (SSSR count). The average molecular weight is 328 g/mol. The molecule has 0 aromatic rings. The van der Waals surface area contributed by atoms with E-state index < -0.39 is 5.97 Å². The summed E-state index contributed by atoms with van der Waals surface area (Å²) in [5.74, 6) is -1.12. The maximum absolute atomic E-state index is 12.2. The monoisotopic (exact) mass is 328 g/mol. The zero-order chi connectivity index (χ0) is 17.2. The van der Waals surface area contributed by atoms with Crippen LogP contribution in [0.25, 0.3) is 0 Å². The molecule has 0 spiro atoms. The summed E-state index contributed by atoms with van der Waals surface area (Å²) in [7, 11) is 0. The summed E-state index contributed by atoms with van der Waals surface area (Å²) in [4.78, 5) is 38.0. The lowest BCUT2D eigenvalue weighted by Gasteiger charge is -2.28. The van der Waals surface area contributed by atoms with E-state index in [9.17, 15) is 14.4 Å². The van der Waals surface area contributed by atoms with E-state index in [1.807, 2.05) is 11.8 Å². The Morgan fingerprint density at radius 2 is 2.00 bits per heavy atom. The SMILES string of the molecule is CCOCCCC(=O)N1CCCC(N(CC(=O)O)C(C)=O)CC1. The van der Waals surface area contributed by atoms with E-state index in [1.165, 1.54) is 11.8 Å². The molecule has 0 bridgehead atoms. The van der Waals surface area contributed by atoms with Gasteiger partial charge in [-0.15, -0.1) is 0 Å². The van der Waals surface area contributed by atoms with Crippen molar-refractivity contribution in [2.24, 2.45) is 0 Å². The number of carbonyl (C=O) groups is 3. The van der Waals surface area contributed by atoms with Crippen LogP contribution in [0.2, 0.25) is 0 Å². The van der Waals surface area contributed by atoms with Crippen LogP contribution >= 0.6 is 0 Å². The highest BCUT2D eigenvalue weighted by Gasteiger charge is 2.27. The van der Waals surface area contributed by atoms with Gasteiger partial charge in [0.05, 0.1) is 0 Å². The second-order valence-corrected chi connectivity index (χ2v) is 5.81. The molecule has 0 aromatic carbocycles. The Bertz CT molecular complexity index is 413. The predicted molar refractivity (Wildman–Crippen MR) is 85.0 cm³/mol. The number of hydrogen-bond donors (Lipinski definition) is 1. The number of hydrogen-bond acceptors (Lipinski definition) is 4. The third-order valence-corrected chi connectivity index (χ3v) is 4.08. The van der Waals surface area contributed by atoms with Crippen molar-refractivity contribution in [3.05, 3.63) is 0 Å². The fourth-order valence-electron chi connectivity index (χ4n) is 2.91. The number of amides is 2. The number of carbonyl (C=O) groups excluding carboxylic acids is 2. The van der Waals surface area contributed by atoms with Gasteiger partial charge in [0.1, 0.15) is 6.54 Å². The molecule has 0 aromatic heterocycles. The van der Waals surface area contributed by atoms with Gasteiger partial charge in [-0.3, -0.25) is 14.4 Å². The molecule has 0 radical (unpaired) electrons. The highest BCUT2D eigenvalue weighted by atomic mass is 16.5. The lowest BCUT2D eigenvalue weighted by molar-refractivity contribution is -0.145. The van der Waals surface area contributed by atoms with E-state index in [0.29, 0.717) is 45.6 Å². The maximum atomic E-state index is 12.2. The number of aliphatic carboxylic acids is 1. The van der Waals surface area contributed by atoms with Crippen molar-refractivity contribution >= 4 is 17.8 Å². The zero-order valence-corrected chi connectivity index (χ0v) is 14.1. The predicted octanol–water partition coefficient (Wildman–Crippen LogP) is 1.12. The molecule has 1 atom stereocenters. The van der Waals surface area contributed by atoms with Crippen molar-refractivity contribution < 1.29 is 24.2 Å². The van der Waals surface area contributed by atoms with Crippen molar-refractivity contribution in [1.82, 2.24) is 9.80 Å². The number of ether oxygens (including phenoxy) is 1. The third kappa shape index (κ3) is 6.99. The Labute approximate surface area is 137 Å². The van der Waals surface area contributed by atoms with E-state index >= 15 is 0 Å². The zero-order valence-electron chi connectivity index (χ0n) is 14.1. The third-order valence-electron chi connectivity index (χ3n) is 4.08. The van der Waals surface area contributed by atoms with Gasteiger partial charge >= 0.3 is 5.97 Å². The summed E-state index contributed by atoms with van der Waals surface area (Å²) >= 11 is 0. The summed E-state index contributed by atoms with van der Waals surface area (Å²) < 4.78 is 5.24. The molecule has 7 heteroatoms. The van der Waals surface area contributed by atoms with Gasteiger partial charge in [0.2, 0.25) is 11.8 Å². The van der Waals surface area contributed by atoms with Gasteiger partial charge in [-0.05, 0) is 32.6 Å². The van der Waals surface area contributed by atoms with Gasteiger partial charge in [0.25, 0.3) is 0 Å². The van der Waals surface area contributed by atoms with E-state index in [1.54, 1.807) is 0 Å². The van der Waals surface area contributed by atoms with Gasteiger partial charge in [-0.25, -0.2) is 0 Å². The largest absolute Gasteiger partial charge is 0.480 e. The van der Waals surface area contributed by atoms with Crippen molar-refractivity contribution in [2.45, 2.75) is 52.0 Å². The quantitative estimate of drug-likeness (QED) is 0.675. The van der Waals surface area contributed by atoms with Gasteiger partial charge < -0.3 is 19.6 Å². The normalized spacial score (nSPS) is 18.3. The topological polar surface area (TPSA) is 87.2 Å². The van der Waals surface area contributed by atoms with Gasteiger partial charge in [0, 0.05) is 45.7 Å². The molecule has 1 fully saturated rings. The van der Waals surface area contributed by atoms with Gasteiger partial charge in [-0.1, -0.05) is 0 Å². The first-order valence-corrected chi connectivity index (χ1v) is 8.30. The van der Waals surface area contributed by atoms with E-state index in [0.717, 1.165) is 12.8 Å². The smallest absolute Gasteiger partial charge is 0.323 e. The maximum Gasteiger partial charge on any atom is 0.323 e. The summed E-state index contributed by atoms with van der Waals surface area (Å²) in [6.07, 6.45) is 3.33. The summed E-state index contributed by atoms with van der Waals surface area (Å²) in [5.41, 5.74) is 0. The minimum atomic E-state index is -1.01. The Morgan fingerprint density at radius 1 is 1.26 bits per heavy atom. The van der Waals surface area contributed by atoms with Crippen molar-refractivity contribution in [3.8, 4) is 0 Å². The fourth-order valence-corrected chi connectivity index (χ4v) is 2.91. The Morgan fingerprint density at radius 3 is 2.61 bits per heavy atom. The Hall–Kier alpha value is -1.63.